The number of carboxylic acid groups (broad SMARTS) is 1. The molecule has 0 spiro atoms. The van der Waals surface area contributed by atoms with Crippen molar-refractivity contribution in [3.63, 3.8) is 0 Å². The van der Waals surface area contributed by atoms with Crippen LogP contribution in [0.3, 0.4) is 0 Å². The van der Waals surface area contributed by atoms with Gasteiger partial charge in [0.25, 0.3) is 0 Å². The molecule has 2 fully saturated rings. The van der Waals surface area contributed by atoms with Crippen LogP contribution in [0.4, 0.5) is 10.6 Å². The monoisotopic (exact) mass is 595 g/mol. The van der Waals surface area contributed by atoms with Gasteiger partial charge in [-0.25, -0.2) is 14.8 Å². The highest BCUT2D eigenvalue weighted by Crippen LogP contribution is 2.42. The lowest BCUT2D eigenvalue weighted by atomic mass is 9.97. The van der Waals surface area contributed by atoms with Crippen LogP contribution in [0.5, 0.6) is 0 Å². The topological polar surface area (TPSA) is 110 Å². The van der Waals surface area contributed by atoms with Gasteiger partial charge in [0.2, 0.25) is 0 Å². The molecule has 2 aliphatic rings. The maximum Gasteiger partial charge on any atom is 0.404 e. The molecule has 2 N–H and O–H groups in total. The average Bonchev–Trinajstić information content (AvgIpc) is 3.54. The van der Waals surface area contributed by atoms with Crippen molar-refractivity contribution >= 4 is 53.7 Å². The third kappa shape index (κ3) is 5.42. The van der Waals surface area contributed by atoms with E-state index in [1.165, 1.54) is 0 Å². The molecule has 4 aromatic rings. The van der Waals surface area contributed by atoms with E-state index >= 15 is 0 Å². The van der Waals surface area contributed by atoms with E-state index < -0.39 is 14.2 Å². The van der Waals surface area contributed by atoms with Crippen LogP contribution in [0.25, 0.3) is 33.2 Å². The number of benzene rings is 1. The Bertz CT molecular complexity index is 1610. The van der Waals surface area contributed by atoms with Crippen LogP contribution in [0, 0.1) is 6.92 Å². The SMILES string of the molecule is Cc1cc(-c2cn(COCC[Si](C)(C)C)c3nc(N4[C@@H]5CC[C@H]4C[C@@H](NC(=O)O)C5)cnc23)c(Cl)c2cn(C)nc12. The number of anilines is 1. The summed E-state index contributed by atoms with van der Waals surface area (Å²) >= 11 is 7.00. The number of ether oxygens (including phenoxy) is 1. The van der Waals surface area contributed by atoms with E-state index in [4.69, 9.17) is 26.3 Å². The number of halogens is 1. The van der Waals surface area contributed by atoms with E-state index in [1.54, 1.807) is 4.68 Å². The quantitative estimate of drug-likeness (QED) is 0.189. The summed E-state index contributed by atoms with van der Waals surface area (Å²) in [4.78, 5) is 23.8. The molecule has 2 bridgehead atoms. The Balaban J connectivity index is 1.39. The smallest absolute Gasteiger partial charge is 0.404 e. The van der Waals surface area contributed by atoms with Crippen LogP contribution < -0.4 is 10.2 Å². The summed E-state index contributed by atoms with van der Waals surface area (Å²) in [6, 6.07) is 3.61. The molecule has 1 amide bonds. The lowest BCUT2D eigenvalue weighted by molar-refractivity contribution is 0.0899. The molecule has 0 aliphatic carbocycles. The number of aryl methyl sites for hydroxylation is 2. The van der Waals surface area contributed by atoms with Crippen LogP contribution >= 0.6 is 11.6 Å². The van der Waals surface area contributed by atoms with Gasteiger partial charge in [0.15, 0.2) is 5.65 Å². The zero-order valence-electron chi connectivity index (χ0n) is 24.3. The second-order valence-corrected chi connectivity index (χ2v) is 18.8. The Morgan fingerprint density at radius 2 is 1.90 bits per heavy atom. The van der Waals surface area contributed by atoms with Crippen molar-refractivity contribution in [2.75, 3.05) is 11.5 Å². The number of hydrogen-bond donors (Lipinski definition) is 2. The summed E-state index contributed by atoms with van der Waals surface area (Å²) in [6.07, 6.45) is 8.51. The molecule has 0 saturated carbocycles. The summed E-state index contributed by atoms with van der Waals surface area (Å²) in [6.45, 7) is 10.2. The van der Waals surface area contributed by atoms with Crippen molar-refractivity contribution in [1.29, 1.82) is 0 Å². The number of nitrogens with zero attached hydrogens (tertiary/aromatic N) is 6. The molecule has 218 valence electrons. The maximum absolute atomic E-state index is 11.3. The molecule has 0 unspecified atom stereocenters. The predicted molar refractivity (Wildman–Crippen MR) is 165 cm³/mol. The normalized spacial score (nSPS) is 20.8. The highest BCUT2D eigenvalue weighted by Gasteiger charge is 2.42. The fourth-order valence-electron chi connectivity index (χ4n) is 6.47. The van der Waals surface area contributed by atoms with Crippen LogP contribution in [-0.4, -0.2) is 68.3 Å². The largest absolute Gasteiger partial charge is 0.465 e. The van der Waals surface area contributed by atoms with Gasteiger partial charge >= 0.3 is 6.09 Å². The highest BCUT2D eigenvalue weighted by molar-refractivity contribution is 6.76. The minimum absolute atomic E-state index is 0.0269. The van der Waals surface area contributed by atoms with Crippen molar-refractivity contribution in [1.82, 2.24) is 29.6 Å². The molecular weight excluding hydrogens is 558 g/mol. The molecule has 1 aromatic carbocycles. The first-order chi connectivity index (χ1) is 19.5. The summed E-state index contributed by atoms with van der Waals surface area (Å²) < 4.78 is 10.0. The molecule has 2 saturated heterocycles. The number of carbonyl (C=O) groups is 1. The first-order valence-corrected chi connectivity index (χ1v) is 18.4. The molecule has 3 atom stereocenters. The summed E-state index contributed by atoms with van der Waals surface area (Å²) in [5, 5.41) is 18.1. The van der Waals surface area contributed by atoms with Crippen molar-refractivity contribution in [2.45, 2.75) is 83.1 Å². The van der Waals surface area contributed by atoms with E-state index in [2.05, 4.69) is 54.1 Å². The van der Waals surface area contributed by atoms with Crippen molar-refractivity contribution in [2.24, 2.45) is 7.05 Å². The molecule has 2 aliphatic heterocycles. The zero-order chi connectivity index (χ0) is 29.1. The van der Waals surface area contributed by atoms with Crippen molar-refractivity contribution in [3.8, 4) is 11.1 Å². The van der Waals surface area contributed by atoms with Gasteiger partial charge in [0.1, 0.15) is 18.1 Å². The number of aromatic nitrogens is 5. The fraction of sp³-hybridized carbons (Fsp3) is 0.517. The van der Waals surface area contributed by atoms with Crippen LogP contribution in [0.2, 0.25) is 30.7 Å². The predicted octanol–water partition coefficient (Wildman–Crippen LogP) is 6.03. The summed E-state index contributed by atoms with van der Waals surface area (Å²) in [7, 11) is 0.676. The van der Waals surface area contributed by atoms with Gasteiger partial charge < -0.3 is 24.6 Å². The fourth-order valence-corrected chi connectivity index (χ4v) is 7.52. The van der Waals surface area contributed by atoms with E-state index in [0.29, 0.717) is 18.4 Å². The van der Waals surface area contributed by atoms with Gasteiger partial charge in [-0.3, -0.25) is 4.68 Å². The Kier molecular flexibility index (Phi) is 7.23. The minimum Gasteiger partial charge on any atom is -0.465 e. The van der Waals surface area contributed by atoms with Gasteiger partial charge in [-0.15, -0.1) is 0 Å². The first kappa shape index (κ1) is 28.0. The number of rotatable bonds is 8. The van der Waals surface area contributed by atoms with Gasteiger partial charge in [0, 0.05) is 68.8 Å². The number of nitrogens with one attached hydrogen (secondary N) is 1. The molecule has 5 heterocycles. The van der Waals surface area contributed by atoms with E-state index in [0.717, 1.165) is 76.3 Å². The lowest BCUT2D eigenvalue weighted by Crippen LogP contribution is -2.50. The third-order valence-electron chi connectivity index (χ3n) is 8.43. The Morgan fingerprint density at radius 3 is 2.59 bits per heavy atom. The minimum atomic E-state index is -1.23. The Morgan fingerprint density at radius 1 is 1.17 bits per heavy atom. The maximum atomic E-state index is 11.3. The molecule has 12 heteroatoms. The second-order valence-electron chi connectivity index (χ2n) is 12.8. The van der Waals surface area contributed by atoms with Gasteiger partial charge in [-0.2, -0.15) is 5.10 Å². The number of amides is 1. The first-order valence-electron chi connectivity index (χ1n) is 14.3. The molecule has 41 heavy (non-hydrogen) atoms. The van der Waals surface area contributed by atoms with E-state index in [9.17, 15) is 9.90 Å². The zero-order valence-corrected chi connectivity index (χ0v) is 26.1. The molecule has 6 rings (SSSR count). The molecule has 0 radical (unpaired) electrons. The highest BCUT2D eigenvalue weighted by atomic mass is 35.5. The third-order valence-corrected chi connectivity index (χ3v) is 10.5. The molecule has 3 aromatic heterocycles. The van der Waals surface area contributed by atoms with Crippen molar-refractivity contribution in [3.05, 3.63) is 35.2 Å². The average molecular weight is 596 g/mol. The van der Waals surface area contributed by atoms with Crippen LogP contribution in [0.1, 0.15) is 31.2 Å². The number of piperidine rings is 1. The molecule has 10 nitrogen and oxygen atoms in total. The number of fused-ring (bicyclic) bond motifs is 4. The van der Waals surface area contributed by atoms with Gasteiger partial charge in [-0.1, -0.05) is 31.2 Å². The second kappa shape index (κ2) is 10.6. The Labute approximate surface area is 245 Å². The summed E-state index contributed by atoms with van der Waals surface area (Å²) in [5.74, 6) is 0.830. The standard InChI is InChI=1S/C29H38ClN7O3Si/c1-17-10-21(25(30)23-14-35(2)34-26(17)23)22-15-36(16-40-8-9-41(3,4)5)28-27(22)31-13-24(33-28)37-19-6-7-20(37)12-18(11-19)32-29(38)39/h10,13-15,18-20,32H,6-9,11-12,16H2,1-5H3,(H,38,39)/t18-,19+,20-. The van der Waals surface area contributed by atoms with Crippen molar-refractivity contribution < 1.29 is 14.6 Å². The summed E-state index contributed by atoms with van der Waals surface area (Å²) in [5.41, 5.74) is 5.30. The molecular formula is C29H38ClN7O3Si. The number of hydrogen-bond acceptors (Lipinski definition) is 6. The van der Waals surface area contributed by atoms with Gasteiger partial charge in [0.05, 0.1) is 16.7 Å². The van der Waals surface area contributed by atoms with Gasteiger partial charge in [-0.05, 0) is 50.3 Å². The van der Waals surface area contributed by atoms with Crippen LogP contribution in [-0.2, 0) is 18.5 Å². The van der Waals surface area contributed by atoms with E-state index in [1.807, 2.05) is 24.0 Å². The lowest BCUT2D eigenvalue weighted by Gasteiger charge is -2.39. The van der Waals surface area contributed by atoms with Crippen LogP contribution in [0.15, 0.2) is 24.7 Å². The Hall–Kier alpha value is -3.15. The van der Waals surface area contributed by atoms with E-state index in [-0.39, 0.29) is 18.1 Å².